The van der Waals surface area contributed by atoms with Gasteiger partial charge in [0.1, 0.15) is 12.1 Å². The van der Waals surface area contributed by atoms with Crippen LogP contribution < -0.4 is 16.2 Å². The van der Waals surface area contributed by atoms with Gasteiger partial charge >= 0.3 is 11.7 Å². The molecule has 0 saturated carbocycles. The molecule has 0 atom stereocenters. The van der Waals surface area contributed by atoms with E-state index in [0.29, 0.717) is 37.2 Å². The molecule has 3 aromatic rings. The number of aromatic amines is 1. The molecule has 0 bridgehead atoms. The van der Waals surface area contributed by atoms with Crippen molar-refractivity contribution in [2.45, 2.75) is 73.3 Å². The average molecular weight is 626 g/mol. The van der Waals surface area contributed by atoms with Crippen molar-refractivity contribution in [2.75, 3.05) is 26.1 Å². The van der Waals surface area contributed by atoms with Crippen LogP contribution in [-0.4, -0.2) is 45.6 Å². The monoisotopic (exact) mass is 625 g/mol. The molecule has 0 amide bonds. The Morgan fingerprint density at radius 2 is 1.83 bits per heavy atom. The molecule has 0 aliphatic heterocycles. The van der Waals surface area contributed by atoms with Crippen LogP contribution >= 0.6 is 0 Å². The van der Waals surface area contributed by atoms with Gasteiger partial charge in [-0.05, 0) is 80.2 Å². The average Bonchev–Trinajstić information content (AvgIpc) is 3.31. The highest BCUT2D eigenvalue weighted by Crippen LogP contribution is 2.40. The first-order chi connectivity index (χ1) is 22.0. The summed E-state index contributed by atoms with van der Waals surface area (Å²) in [6.07, 6.45) is 16.9. The van der Waals surface area contributed by atoms with E-state index in [4.69, 9.17) is 15.2 Å². The van der Waals surface area contributed by atoms with E-state index in [2.05, 4.69) is 60.9 Å². The Morgan fingerprint density at radius 3 is 2.54 bits per heavy atom. The SMILES string of the molecule is COCCOc1nc(N)c2[nH]c(=O)n(Cc3ccc(CCC(=O)/C=C(C)/C=C/C=C(C)/C=C/C4=C(C)CCCC4(C)C)cc3)c2n1. The van der Waals surface area contributed by atoms with Gasteiger partial charge in [-0.25, -0.2) is 4.79 Å². The van der Waals surface area contributed by atoms with Gasteiger partial charge in [-0.15, -0.1) is 0 Å². The maximum absolute atomic E-state index is 12.7. The zero-order valence-electron chi connectivity index (χ0n) is 28.0. The Morgan fingerprint density at radius 1 is 1.09 bits per heavy atom. The van der Waals surface area contributed by atoms with Crippen molar-refractivity contribution in [1.82, 2.24) is 19.5 Å². The third-order valence-electron chi connectivity index (χ3n) is 8.33. The number of H-pyrrole nitrogens is 1. The van der Waals surface area contributed by atoms with Crippen LogP contribution in [0.1, 0.15) is 71.4 Å². The number of aryl methyl sites for hydroxylation is 1. The quantitative estimate of drug-likeness (QED) is 0.115. The highest BCUT2D eigenvalue weighted by atomic mass is 16.5. The zero-order chi connectivity index (χ0) is 33.3. The number of hydrogen-bond donors (Lipinski definition) is 2. The first kappa shape index (κ1) is 34.4. The van der Waals surface area contributed by atoms with Crippen molar-refractivity contribution in [3.63, 3.8) is 0 Å². The van der Waals surface area contributed by atoms with Crippen LogP contribution in [0.15, 0.2) is 87.8 Å². The molecule has 1 aromatic carbocycles. The number of rotatable bonds is 14. The third kappa shape index (κ3) is 9.26. The number of fused-ring (bicyclic) bond motifs is 1. The molecular weight excluding hydrogens is 578 g/mol. The Kier molecular flexibility index (Phi) is 11.7. The third-order valence-corrected chi connectivity index (χ3v) is 8.33. The fourth-order valence-corrected chi connectivity index (χ4v) is 5.73. The Balaban J connectivity index is 1.31. The van der Waals surface area contributed by atoms with E-state index in [-0.39, 0.29) is 35.3 Å². The lowest BCUT2D eigenvalue weighted by Crippen LogP contribution is -2.19. The van der Waals surface area contributed by atoms with E-state index in [9.17, 15) is 9.59 Å². The molecule has 1 aliphatic rings. The molecule has 0 spiro atoms. The number of methoxy groups -OCH3 is 1. The number of hydrogen-bond acceptors (Lipinski definition) is 7. The van der Waals surface area contributed by atoms with Gasteiger partial charge in [0.15, 0.2) is 17.2 Å². The van der Waals surface area contributed by atoms with Crippen molar-refractivity contribution < 1.29 is 14.3 Å². The molecule has 1 aliphatic carbocycles. The summed E-state index contributed by atoms with van der Waals surface area (Å²) in [4.78, 5) is 36.6. The van der Waals surface area contributed by atoms with E-state index in [1.807, 2.05) is 43.3 Å². The number of ether oxygens (including phenoxy) is 2. The second-order valence-corrected chi connectivity index (χ2v) is 12.7. The number of benzene rings is 1. The number of nitrogens with zero attached hydrogens (tertiary/aromatic N) is 3. The molecule has 9 nitrogen and oxygen atoms in total. The highest BCUT2D eigenvalue weighted by molar-refractivity contribution is 5.90. The zero-order valence-corrected chi connectivity index (χ0v) is 28.0. The van der Waals surface area contributed by atoms with Gasteiger partial charge in [0.25, 0.3) is 0 Å². The number of allylic oxidation sites excluding steroid dienone is 10. The summed E-state index contributed by atoms with van der Waals surface area (Å²) in [5.74, 6) is 0.221. The molecule has 2 heterocycles. The number of anilines is 1. The number of imidazole rings is 1. The van der Waals surface area contributed by atoms with E-state index < -0.39 is 0 Å². The fraction of sp³-hybridized carbons (Fsp3) is 0.405. The molecule has 0 unspecified atom stereocenters. The molecule has 46 heavy (non-hydrogen) atoms. The molecule has 2 aromatic heterocycles. The number of nitrogen functional groups attached to an aromatic ring is 1. The van der Waals surface area contributed by atoms with E-state index in [1.165, 1.54) is 40.5 Å². The lowest BCUT2D eigenvalue weighted by atomic mass is 9.72. The topological polar surface area (TPSA) is 125 Å². The minimum absolute atomic E-state index is 0.0832. The highest BCUT2D eigenvalue weighted by Gasteiger charge is 2.26. The largest absolute Gasteiger partial charge is 0.461 e. The lowest BCUT2D eigenvalue weighted by molar-refractivity contribution is -0.114. The van der Waals surface area contributed by atoms with Gasteiger partial charge in [-0.3, -0.25) is 9.36 Å². The lowest BCUT2D eigenvalue weighted by Gasteiger charge is -2.32. The molecule has 0 fully saturated rings. The normalized spacial score (nSPS) is 15.9. The maximum atomic E-state index is 12.7. The second-order valence-electron chi connectivity index (χ2n) is 12.7. The van der Waals surface area contributed by atoms with Crippen LogP contribution in [0.25, 0.3) is 11.2 Å². The van der Waals surface area contributed by atoms with Crippen molar-refractivity contribution >= 4 is 22.8 Å². The Hall–Kier alpha value is -4.50. The van der Waals surface area contributed by atoms with Crippen LogP contribution in [0.2, 0.25) is 0 Å². The van der Waals surface area contributed by atoms with Gasteiger partial charge in [0, 0.05) is 13.5 Å². The van der Waals surface area contributed by atoms with E-state index >= 15 is 0 Å². The summed E-state index contributed by atoms with van der Waals surface area (Å²) < 4.78 is 12.0. The Bertz CT molecular complexity index is 1750. The van der Waals surface area contributed by atoms with E-state index in [0.717, 1.165) is 16.7 Å². The van der Waals surface area contributed by atoms with Gasteiger partial charge in [-0.1, -0.05) is 79.6 Å². The maximum Gasteiger partial charge on any atom is 0.328 e. The van der Waals surface area contributed by atoms with Crippen LogP contribution in [0.5, 0.6) is 6.01 Å². The van der Waals surface area contributed by atoms with Gasteiger partial charge in [0.2, 0.25) is 0 Å². The summed E-state index contributed by atoms with van der Waals surface area (Å²) in [5.41, 5.74) is 13.7. The summed E-state index contributed by atoms with van der Waals surface area (Å²) >= 11 is 0. The standard InChI is InChI=1S/C37H47N5O4/c1-25(12-19-31-27(3)11-8-20-37(31,4)5)9-7-10-26(2)23-30(43)18-17-28-13-15-29(16-14-28)24-42-34-32(39-36(42)44)33(38)40-35(41-34)46-22-21-45-6/h7,9-10,12-16,19,23H,8,11,17-18,20-22,24H2,1-6H3,(H,39,44)(H2,38,40,41)/b10-7+,19-12+,25-9+,26-23+. The summed E-state index contributed by atoms with van der Waals surface area (Å²) in [7, 11) is 1.57. The van der Waals surface area contributed by atoms with Crippen molar-refractivity contribution in [2.24, 2.45) is 5.41 Å². The predicted octanol–water partition coefficient (Wildman–Crippen LogP) is 6.81. The van der Waals surface area contributed by atoms with Gasteiger partial charge in [-0.2, -0.15) is 9.97 Å². The molecule has 244 valence electrons. The molecule has 3 N–H and O–H groups in total. The first-order valence-electron chi connectivity index (χ1n) is 15.9. The first-order valence-corrected chi connectivity index (χ1v) is 15.9. The van der Waals surface area contributed by atoms with Crippen molar-refractivity contribution in [1.29, 1.82) is 0 Å². The molecule has 4 rings (SSSR count). The number of nitrogens with one attached hydrogen (secondary N) is 1. The fourth-order valence-electron chi connectivity index (χ4n) is 5.73. The number of ketones is 1. The van der Waals surface area contributed by atoms with Crippen molar-refractivity contribution in [3.05, 3.63) is 105 Å². The van der Waals surface area contributed by atoms with Gasteiger partial charge in [0.05, 0.1) is 13.2 Å². The van der Waals surface area contributed by atoms with E-state index in [1.54, 1.807) is 13.2 Å². The molecule has 0 saturated heterocycles. The number of carbonyl (C=O) groups excluding carboxylic acids is 1. The number of nitrogens with two attached hydrogens (primary N) is 1. The van der Waals surface area contributed by atoms with Crippen LogP contribution in [-0.2, 0) is 22.5 Å². The minimum atomic E-state index is -0.339. The van der Waals surface area contributed by atoms with Crippen molar-refractivity contribution in [3.8, 4) is 6.01 Å². The van der Waals surface area contributed by atoms with Crippen LogP contribution in [0.4, 0.5) is 5.82 Å². The Labute approximate surface area is 271 Å². The molecular formula is C37H47N5O4. The number of aromatic nitrogens is 4. The summed E-state index contributed by atoms with van der Waals surface area (Å²) in [6, 6.07) is 7.95. The van der Waals surface area contributed by atoms with Gasteiger partial charge < -0.3 is 20.2 Å². The second kappa shape index (κ2) is 15.7. The number of carbonyl (C=O) groups is 1. The predicted molar refractivity (Wildman–Crippen MR) is 185 cm³/mol. The minimum Gasteiger partial charge on any atom is -0.461 e. The summed E-state index contributed by atoms with van der Waals surface area (Å²) in [5, 5.41) is 0. The van der Waals surface area contributed by atoms with Crippen LogP contribution in [0.3, 0.4) is 0 Å². The van der Waals surface area contributed by atoms with Crippen LogP contribution in [0, 0.1) is 5.41 Å². The molecule has 9 heteroatoms. The summed E-state index contributed by atoms with van der Waals surface area (Å²) in [6.45, 7) is 11.9. The smallest absolute Gasteiger partial charge is 0.328 e. The molecule has 0 radical (unpaired) electrons.